The van der Waals surface area contributed by atoms with Crippen molar-refractivity contribution in [2.24, 2.45) is 5.92 Å². The van der Waals surface area contributed by atoms with E-state index in [-0.39, 0.29) is 31.3 Å². The molecule has 2 heterocycles. The highest BCUT2D eigenvalue weighted by Gasteiger charge is 2.43. The molecular formula is C24H22F6N2O4. The van der Waals surface area contributed by atoms with Gasteiger partial charge in [0.2, 0.25) is 5.91 Å². The smallest absolute Gasteiger partial charge is 0.368 e. The number of nitrogens with one attached hydrogen (secondary N) is 1. The number of hydroxylamine groups is 1. The minimum Gasteiger partial charge on any atom is -0.368 e. The third kappa shape index (κ3) is 5.49. The van der Waals surface area contributed by atoms with Crippen molar-refractivity contribution in [3.63, 3.8) is 0 Å². The number of hydrogen-bond donors (Lipinski definition) is 1. The normalized spacial score (nSPS) is 23.6. The number of carbonyl (C=O) groups is 2. The summed E-state index contributed by atoms with van der Waals surface area (Å²) in [5.74, 6) is -2.55. The van der Waals surface area contributed by atoms with Gasteiger partial charge in [-0.2, -0.15) is 26.3 Å². The first kappa shape index (κ1) is 26.0. The van der Waals surface area contributed by atoms with Crippen molar-refractivity contribution in [3.05, 3.63) is 70.8 Å². The topological polar surface area (TPSA) is 67.9 Å². The summed E-state index contributed by atoms with van der Waals surface area (Å²) in [6.07, 6.45) is -11.9. The summed E-state index contributed by atoms with van der Waals surface area (Å²) in [6, 6.07) is 10.2. The van der Waals surface area contributed by atoms with Crippen LogP contribution in [-0.4, -0.2) is 42.5 Å². The standard InChI is InChI=1S/C24H22F6N2O4/c1-13(15-7-16(23(25,26)27)9-17(8-15)24(28,29)30)36-20-11-32(22(34)19-12-35-31-21(19)33)10-18(20)14-5-3-2-4-6-14/h2-9,13,18-20H,10-12H2,1H3,(H,31,33). The van der Waals surface area contributed by atoms with Gasteiger partial charge in [0.25, 0.3) is 5.91 Å². The first-order chi connectivity index (χ1) is 16.8. The van der Waals surface area contributed by atoms with E-state index in [1.807, 2.05) is 0 Å². The van der Waals surface area contributed by atoms with Crippen LogP contribution >= 0.6 is 0 Å². The minimum atomic E-state index is -4.98. The monoisotopic (exact) mass is 516 g/mol. The maximum Gasteiger partial charge on any atom is 0.416 e. The number of alkyl halides is 6. The summed E-state index contributed by atoms with van der Waals surface area (Å²) in [6.45, 7) is 1.37. The fraction of sp³-hybridized carbons (Fsp3) is 0.417. The van der Waals surface area contributed by atoms with E-state index in [2.05, 4.69) is 5.48 Å². The van der Waals surface area contributed by atoms with E-state index in [1.54, 1.807) is 30.3 Å². The molecule has 0 radical (unpaired) electrons. The number of benzene rings is 2. The van der Waals surface area contributed by atoms with Gasteiger partial charge in [-0.3, -0.25) is 14.4 Å². The molecule has 4 atom stereocenters. The molecule has 2 aliphatic heterocycles. The van der Waals surface area contributed by atoms with Crippen LogP contribution in [0.5, 0.6) is 0 Å². The van der Waals surface area contributed by atoms with Crippen LogP contribution in [0.3, 0.4) is 0 Å². The number of nitrogens with zero attached hydrogens (tertiary/aromatic N) is 1. The Bertz CT molecular complexity index is 1090. The zero-order valence-corrected chi connectivity index (χ0v) is 18.9. The summed E-state index contributed by atoms with van der Waals surface area (Å²) in [4.78, 5) is 31.1. The van der Waals surface area contributed by atoms with Gasteiger partial charge in [0, 0.05) is 19.0 Å². The van der Waals surface area contributed by atoms with Gasteiger partial charge in [-0.25, -0.2) is 5.48 Å². The molecule has 2 amide bonds. The summed E-state index contributed by atoms with van der Waals surface area (Å²) in [7, 11) is 0. The molecule has 4 unspecified atom stereocenters. The van der Waals surface area contributed by atoms with Crippen molar-refractivity contribution in [2.45, 2.75) is 37.4 Å². The number of ether oxygens (including phenoxy) is 1. The van der Waals surface area contributed by atoms with Crippen LogP contribution < -0.4 is 5.48 Å². The van der Waals surface area contributed by atoms with E-state index >= 15 is 0 Å². The number of likely N-dealkylation sites (tertiary alicyclic amines) is 1. The number of halogens is 6. The van der Waals surface area contributed by atoms with Crippen LogP contribution in [0.25, 0.3) is 0 Å². The molecule has 0 aliphatic carbocycles. The summed E-state index contributed by atoms with van der Waals surface area (Å²) >= 11 is 0. The van der Waals surface area contributed by atoms with Crippen molar-refractivity contribution in [3.8, 4) is 0 Å². The Hall–Kier alpha value is -3.12. The van der Waals surface area contributed by atoms with Gasteiger partial charge in [-0.1, -0.05) is 30.3 Å². The number of amides is 2. The second-order valence-corrected chi connectivity index (χ2v) is 8.75. The van der Waals surface area contributed by atoms with E-state index in [0.717, 1.165) is 5.56 Å². The third-order valence-electron chi connectivity index (χ3n) is 6.30. The molecular weight excluding hydrogens is 494 g/mol. The second kappa shape index (κ2) is 9.74. The Labute approximate surface area is 202 Å². The van der Waals surface area contributed by atoms with Crippen LogP contribution in [0, 0.1) is 5.92 Å². The Balaban J connectivity index is 1.61. The molecule has 194 valence electrons. The van der Waals surface area contributed by atoms with Gasteiger partial charge < -0.3 is 9.64 Å². The van der Waals surface area contributed by atoms with Gasteiger partial charge in [0.1, 0.15) is 5.92 Å². The molecule has 0 spiro atoms. The molecule has 0 saturated carbocycles. The molecule has 4 rings (SSSR count). The lowest BCUT2D eigenvalue weighted by Crippen LogP contribution is -2.39. The highest BCUT2D eigenvalue weighted by molar-refractivity contribution is 6.01. The Morgan fingerprint density at radius 1 is 1.03 bits per heavy atom. The molecule has 0 bridgehead atoms. The molecule has 2 saturated heterocycles. The van der Waals surface area contributed by atoms with E-state index in [1.165, 1.54) is 11.8 Å². The predicted octanol–water partition coefficient (Wildman–Crippen LogP) is 4.47. The summed E-state index contributed by atoms with van der Waals surface area (Å²) in [5, 5.41) is 0. The quantitative estimate of drug-likeness (QED) is 0.471. The molecule has 2 aromatic rings. The lowest BCUT2D eigenvalue weighted by atomic mass is 9.95. The molecule has 2 aromatic carbocycles. The molecule has 12 heteroatoms. The van der Waals surface area contributed by atoms with E-state index in [9.17, 15) is 35.9 Å². The van der Waals surface area contributed by atoms with Gasteiger partial charge >= 0.3 is 12.4 Å². The second-order valence-electron chi connectivity index (χ2n) is 8.75. The number of rotatable bonds is 5. The SMILES string of the molecule is CC(OC1CN(C(=O)C2CONC2=O)CC1c1ccccc1)c1cc(C(F)(F)F)cc(C(F)(F)F)c1. The van der Waals surface area contributed by atoms with Crippen molar-refractivity contribution in [1.82, 2.24) is 10.4 Å². The van der Waals surface area contributed by atoms with Gasteiger partial charge in [-0.15, -0.1) is 0 Å². The van der Waals surface area contributed by atoms with Crippen molar-refractivity contribution >= 4 is 11.8 Å². The maximum atomic E-state index is 13.3. The summed E-state index contributed by atoms with van der Waals surface area (Å²) < 4.78 is 85.9. The minimum absolute atomic E-state index is 0.00238. The fourth-order valence-electron chi connectivity index (χ4n) is 4.41. The Morgan fingerprint density at radius 3 is 2.17 bits per heavy atom. The van der Waals surface area contributed by atoms with Crippen LogP contribution in [0.2, 0.25) is 0 Å². The largest absolute Gasteiger partial charge is 0.416 e. The third-order valence-corrected chi connectivity index (χ3v) is 6.30. The Kier molecular flexibility index (Phi) is 7.02. The number of hydrogen-bond acceptors (Lipinski definition) is 4. The molecule has 1 N–H and O–H groups in total. The highest BCUT2D eigenvalue weighted by Crippen LogP contribution is 2.39. The molecule has 36 heavy (non-hydrogen) atoms. The zero-order chi connectivity index (χ0) is 26.3. The average Bonchev–Trinajstić information content (AvgIpc) is 3.44. The van der Waals surface area contributed by atoms with Crippen LogP contribution in [-0.2, 0) is 31.5 Å². The van der Waals surface area contributed by atoms with Gasteiger partial charge in [0.05, 0.1) is 29.9 Å². The molecule has 2 aliphatic rings. The van der Waals surface area contributed by atoms with Crippen LogP contribution in [0.15, 0.2) is 48.5 Å². The first-order valence-electron chi connectivity index (χ1n) is 11.0. The average molecular weight is 516 g/mol. The number of carbonyl (C=O) groups excluding carboxylic acids is 2. The highest BCUT2D eigenvalue weighted by atomic mass is 19.4. The lowest BCUT2D eigenvalue weighted by Gasteiger charge is -2.25. The van der Waals surface area contributed by atoms with E-state index in [0.29, 0.717) is 12.1 Å². The first-order valence-corrected chi connectivity index (χ1v) is 11.0. The van der Waals surface area contributed by atoms with Crippen molar-refractivity contribution in [1.29, 1.82) is 0 Å². The van der Waals surface area contributed by atoms with Crippen molar-refractivity contribution in [2.75, 3.05) is 19.7 Å². The molecule has 2 fully saturated rings. The van der Waals surface area contributed by atoms with Crippen LogP contribution in [0.1, 0.15) is 41.2 Å². The molecule has 6 nitrogen and oxygen atoms in total. The molecule has 0 aromatic heterocycles. The Morgan fingerprint density at radius 2 is 1.64 bits per heavy atom. The zero-order valence-electron chi connectivity index (χ0n) is 18.9. The fourth-order valence-corrected chi connectivity index (χ4v) is 4.41. The lowest BCUT2D eigenvalue weighted by molar-refractivity contribution is -0.144. The van der Waals surface area contributed by atoms with Gasteiger partial charge in [0.15, 0.2) is 0 Å². The van der Waals surface area contributed by atoms with E-state index < -0.39 is 59.3 Å². The summed E-state index contributed by atoms with van der Waals surface area (Å²) in [5.41, 5.74) is -0.269. The predicted molar refractivity (Wildman–Crippen MR) is 113 cm³/mol. The van der Waals surface area contributed by atoms with E-state index in [4.69, 9.17) is 9.57 Å². The van der Waals surface area contributed by atoms with Gasteiger partial charge in [-0.05, 0) is 36.2 Å². The van der Waals surface area contributed by atoms with Crippen molar-refractivity contribution < 1.29 is 45.5 Å². The van der Waals surface area contributed by atoms with Crippen LogP contribution in [0.4, 0.5) is 26.3 Å². The maximum absolute atomic E-state index is 13.3.